The molecule has 0 fully saturated rings. The van der Waals surface area contributed by atoms with Gasteiger partial charge in [-0.05, 0) is 23.7 Å². The summed E-state index contributed by atoms with van der Waals surface area (Å²) >= 11 is 0. The van der Waals surface area contributed by atoms with Crippen molar-refractivity contribution in [2.24, 2.45) is 5.11 Å². The van der Waals surface area contributed by atoms with Gasteiger partial charge in [0, 0.05) is 16.9 Å². The normalized spacial score (nSPS) is 12.7. The summed E-state index contributed by atoms with van der Waals surface area (Å²) in [5.74, 6) is 7.13. The van der Waals surface area contributed by atoms with Gasteiger partial charge in [-0.3, -0.25) is 0 Å². The Morgan fingerprint density at radius 2 is 2.12 bits per heavy atom. The largest absolute Gasteiger partial charge is 0.490 e. The van der Waals surface area contributed by atoms with Gasteiger partial charge in [-0.1, -0.05) is 17.0 Å². The standard InChI is InChI=1S/C12H11N3O2/c13-15-14-6-1-3-10-4-5-11-12(9-10)17-8-2-7-16-11/h4-5,9H,2,6-8H2. The summed E-state index contributed by atoms with van der Waals surface area (Å²) in [4.78, 5) is 2.63. The van der Waals surface area contributed by atoms with Gasteiger partial charge in [0.2, 0.25) is 0 Å². The van der Waals surface area contributed by atoms with Crippen molar-refractivity contribution in [3.8, 4) is 23.3 Å². The first-order valence-electron chi connectivity index (χ1n) is 5.29. The van der Waals surface area contributed by atoms with Gasteiger partial charge < -0.3 is 9.47 Å². The lowest BCUT2D eigenvalue weighted by Gasteiger charge is -2.06. The van der Waals surface area contributed by atoms with E-state index in [1.54, 1.807) is 0 Å². The molecule has 0 atom stereocenters. The molecule has 0 bridgehead atoms. The van der Waals surface area contributed by atoms with Crippen LogP contribution in [0.1, 0.15) is 12.0 Å². The topological polar surface area (TPSA) is 67.2 Å². The third-order valence-electron chi connectivity index (χ3n) is 2.19. The predicted octanol–water partition coefficient (Wildman–Crippen LogP) is 2.51. The van der Waals surface area contributed by atoms with Crippen LogP contribution in [0.2, 0.25) is 0 Å². The summed E-state index contributed by atoms with van der Waals surface area (Å²) in [6, 6.07) is 5.54. The monoisotopic (exact) mass is 229 g/mol. The Morgan fingerprint density at radius 1 is 1.29 bits per heavy atom. The van der Waals surface area contributed by atoms with Crippen LogP contribution >= 0.6 is 0 Å². The van der Waals surface area contributed by atoms with Crippen LogP contribution in [0.15, 0.2) is 23.3 Å². The molecule has 1 aromatic rings. The van der Waals surface area contributed by atoms with Gasteiger partial charge in [-0.2, -0.15) is 0 Å². The van der Waals surface area contributed by atoms with E-state index < -0.39 is 0 Å². The van der Waals surface area contributed by atoms with Crippen molar-refractivity contribution < 1.29 is 9.47 Å². The van der Waals surface area contributed by atoms with Gasteiger partial charge in [-0.15, -0.1) is 0 Å². The smallest absolute Gasteiger partial charge is 0.162 e. The Labute approximate surface area is 99.0 Å². The average molecular weight is 229 g/mol. The molecule has 1 heterocycles. The molecule has 86 valence electrons. The molecular weight excluding hydrogens is 218 g/mol. The van der Waals surface area contributed by atoms with Crippen LogP contribution in [0.5, 0.6) is 11.5 Å². The van der Waals surface area contributed by atoms with Gasteiger partial charge in [0.15, 0.2) is 11.5 Å². The number of hydrogen-bond acceptors (Lipinski definition) is 3. The lowest BCUT2D eigenvalue weighted by Crippen LogP contribution is -1.97. The van der Waals surface area contributed by atoms with Crippen LogP contribution in [-0.4, -0.2) is 19.8 Å². The van der Waals surface area contributed by atoms with Crippen LogP contribution in [0, 0.1) is 11.8 Å². The molecule has 1 aliphatic rings. The number of nitrogens with zero attached hydrogens (tertiary/aromatic N) is 3. The van der Waals surface area contributed by atoms with E-state index in [0.29, 0.717) is 13.2 Å². The summed E-state index contributed by atoms with van der Waals surface area (Å²) in [5, 5.41) is 3.34. The molecular formula is C12H11N3O2. The Morgan fingerprint density at radius 3 is 2.94 bits per heavy atom. The molecule has 1 aromatic carbocycles. The lowest BCUT2D eigenvalue weighted by atomic mass is 10.2. The van der Waals surface area contributed by atoms with Crippen LogP contribution in [0.4, 0.5) is 0 Å². The number of benzene rings is 1. The molecule has 0 saturated carbocycles. The molecule has 0 unspecified atom stereocenters. The average Bonchev–Trinajstić information content (AvgIpc) is 2.59. The Bertz CT molecular complexity index is 510. The van der Waals surface area contributed by atoms with Crippen molar-refractivity contribution in [3.05, 3.63) is 34.2 Å². The zero-order chi connectivity index (χ0) is 11.9. The summed E-state index contributed by atoms with van der Waals surface area (Å²) < 4.78 is 11.0. The van der Waals surface area contributed by atoms with E-state index in [2.05, 4.69) is 21.9 Å². The van der Waals surface area contributed by atoms with Crippen molar-refractivity contribution in [1.82, 2.24) is 0 Å². The number of azide groups is 1. The van der Waals surface area contributed by atoms with Crippen molar-refractivity contribution in [3.63, 3.8) is 0 Å². The van der Waals surface area contributed by atoms with Crippen molar-refractivity contribution >= 4 is 0 Å². The number of ether oxygens (including phenoxy) is 2. The molecule has 5 nitrogen and oxygen atoms in total. The van der Waals surface area contributed by atoms with Crippen molar-refractivity contribution in [2.75, 3.05) is 19.8 Å². The van der Waals surface area contributed by atoms with Crippen LogP contribution in [0.3, 0.4) is 0 Å². The second-order valence-corrected chi connectivity index (χ2v) is 3.40. The number of fused-ring (bicyclic) bond motifs is 1. The molecule has 0 spiro atoms. The predicted molar refractivity (Wildman–Crippen MR) is 62.9 cm³/mol. The molecule has 2 rings (SSSR count). The van der Waals surface area contributed by atoms with Gasteiger partial charge in [0.05, 0.1) is 19.8 Å². The zero-order valence-electron chi connectivity index (χ0n) is 9.22. The molecule has 17 heavy (non-hydrogen) atoms. The van der Waals surface area contributed by atoms with E-state index in [4.69, 9.17) is 15.0 Å². The van der Waals surface area contributed by atoms with E-state index in [0.717, 1.165) is 23.5 Å². The molecule has 0 saturated heterocycles. The third kappa shape index (κ3) is 3.07. The van der Waals surface area contributed by atoms with Gasteiger partial charge >= 0.3 is 0 Å². The zero-order valence-corrected chi connectivity index (χ0v) is 9.22. The fourth-order valence-electron chi connectivity index (χ4n) is 1.45. The lowest BCUT2D eigenvalue weighted by molar-refractivity contribution is 0.297. The molecule has 0 N–H and O–H groups in total. The van der Waals surface area contributed by atoms with Gasteiger partial charge in [0.25, 0.3) is 0 Å². The minimum Gasteiger partial charge on any atom is -0.490 e. The minimum absolute atomic E-state index is 0.172. The molecule has 0 aliphatic carbocycles. The highest BCUT2D eigenvalue weighted by Crippen LogP contribution is 2.29. The first-order valence-corrected chi connectivity index (χ1v) is 5.29. The maximum Gasteiger partial charge on any atom is 0.162 e. The summed E-state index contributed by atoms with van der Waals surface area (Å²) in [5.41, 5.74) is 8.93. The fraction of sp³-hybridized carbons (Fsp3) is 0.333. The van der Waals surface area contributed by atoms with Crippen molar-refractivity contribution in [1.29, 1.82) is 0 Å². The van der Waals surface area contributed by atoms with Crippen LogP contribution in [-0.2, 0) is 0 Å². The molecule has 0 radical (unpaired) electrons. The van der Waals surface area contributed by atoms with E-state index in [1.165, 1.54) is 0 Å². The molecule has 0 amide bonds. The summed E-state index contributed by atoms with van der Waals surface area (Å²) in [7, 11) is 0. The summed E-state index contributed by atoms with van der Waals surface area (Å²) in [6.45, 7) is 1.50. The maximum atomic E-state index is 8.11. The number of hydrogen-bond donors (Lipinski definition) is 0. The maximum absolute atomic E-state index is 8.11. The van der Waals surface area contributed by atoms with Crippen LogP contribution in [0.25, 0.3) is 10.4 Å². The quantitative estimate of drug-likeness (QED) is 0.321. The van der Waals surface area contributed by atoms with Crippen molar-refractivity contribution in [2.45, 2.75) is 6.42 Å². The van der Waals surface area contributed by atoms with Gasteiger partial charge in [-0.25, -0.2) is 0 Å². The summed E-state index contributed by atoms with van der Waals surface area (Å²) in [6.07, 6.45) is 0.882. The third-order valence-corrected chi connectivity index (χ3v) is 2.19. The van der Waals surface area contributed by atoms with E-state index in [-0.39, 0.29) is 6.54 Å². The minimum atomic E-state index is 0.172. The first-order chi connectivity index (χ1) is 8.40. The van der Waals surface area contributed by atoms with E-state index in [9.17, 15) is 0 Å². The van der Waals surface area contributed by atoms with Gasteiger partial charge in [0.1, 0.15) is 0 Å². The Balaban J connectivity index is 2.16. The van der Waals surface area contributed by atoms with Crippen LogP contribution < -0.4 is 9.47 Å². The fourth-order valence-corrected chi connectivity index (χ4v) is 1.45. The van der Waals surface area contributed by atoms with E-state index in [1.807, 2.05) is 18.2 Å². The second-order valence-electron chi connectivity index (χ2n) is 3.40. The Kier molecular flexibility index (Phi) is 3.74. The highest BCUT2D eigenvalue weighted by atomic mass is 16.5. The highest BCUT2D eigenvalue weighted by molar-refractivity contribution is 5.48. The van der Waals surface area contributed by atoms with E-state index >= 15 is 0 Å². The molecule has 0 aromatic heterocycles. The highest BCUT2D eigenvalue weighted by Gasteiger charge is 2.09. The SMILES string of the molecule is [N-]=[N+]=NCC#Cc1ccc2c(c1)OCCCO2. The molecule has 1 aliphatic heterocycles. The first kappa shape index (κ1) is 11.2. The number of rotatable bonds is 1. The second kappa shape index (κ2) is 5.69. The Hall–Kier alpha value is -2.31. The molecule has 5 heteroatoms.